The van der Waals surface area contributed by atoms with Crippen molar-refractivity contribution in [3.8, 4) is 0 Å². The number of nitrogens with zero attached hydrogens (tertiary/aromatic N) is 4. The van der Waals surface area contributed by atoms with Crippen molar-refractivity contribution in [3.05, 3.63) is 53.1 Å². The predicted molar refractivity (Wildman–Crippen MR) is 86.0 cm³/mol. The number of aromatic nitrogens is 2. The lowest BCUT2D eigenvalue weighted by molar-refractivity contribution is 0.0735. The van der Waals surface area contributed by atoms with E-state index >= 15 is 0 Å². The number of carbonyl (C=O) groups is 1. The molecule has 0 radical (unpaired) electrons. The van der Waals surface area contributed by atoms with E-state index < -0.39 is 17.5 Å². The van der Waals surface area contributed by atoms with Gasteiger partial charge in [-0.2, -0.15) is 0 Å². The highest BCUT2D eigenvalue weighted by Gasteiger charge is 2.25. The number of anilines is 1. The summed E-state index contributed by atoms with van der Waals surface area (Å²) >= 11 is 0. The molecule has 1 fully saturated rings. The monoisotopic (exact) mass is 332 g/mol. The van der Waals surface area contributed by atoms with Crippen molar-refractivity contribution < 1.29 is 13.6 Å². The number of pyridine rings is 2. The Morgan fingerprint density at radius 2 is 1.67 bits per heavy atom. The first-order valence-electron chi connectivity index (χ1n) is 7.74. The number of halogens is 2. The summed E-state index contributed by atoms with van der Waals surface area (Å²) in [5, 5.41) is 0. The Morgan fingerprint density at radius 1 is 1.04 bits per heavy atom. The Labute approximate surface area is 138 Å². The topological polar surface area (TPSA) is 49.3 Å². The maximum atomic E-state index is 13.7. The van der Waals surface area contributed by atoms with Crippen molar-refractivity contribution in [2.45, 2.75) is 13.8 Å². The molecule has 3 rings (SSSR count). The maximum absolute atomic E-state index is 13.7. The molecule has 0 spiro atoms. The minimum absolute atomic E-state index is 0.333. The molecule has 2 aromatic heterocycles. The van der Waals surface area contributed by atoms with E-state index in [1.165, 1.54) is 0 Å². The fraction of sp³-hybridized carbons (Fsp3) is 0.353. The molecule has 1 aliphatic heterocycles. The lowest BCUT2D eigenvalue weighted by atomic mass is 10.2. The number of aryl methyl sites for hydroxylation is 2. The number of amides is 1. The number of hydrogen-bond donors (Lipinski definition) is 0. The van der Waals surface area contributed by atoms with Gasteiger partial charge in [-0.15, -0.1) is 0 Å². The van der Waals surface area contributed by atoms with Crippen LogP contribution in [0.4, 0.5) is 14.5 Å². The van der Waals surface area contributed by atoms with E-state index in [4.69, 9.17) is 0 Å². The average molecular weight is 332 g/mol. The van der Waals surface area contributed by atoms with Crippen LogP contribution in [0.2, 0.25) is 0 Å². The summed E-state index contributed by atoms with van der Waals surface area (Å²) in [5.74, 6) is -2.23. The summed E-state index contributed by atoms with van der Waals surface area (Å²) in [5.41, 5.74) is 2.63. The van der Waals surface area contributed by atoms with Crippen LogP contribution in [-0.2, 0) is 0 Å². The first kappa shape index (κ1) is 16.3. The van der Waals surface area contributed by atoms with Gasteiger partial charge in [0.05, 0.1) is 6.20 Å². The van der Waals surface area contributed by atoms with Gasteiger partial charge in [-0.05, 0) is 26.0 Å². The minimum Gasteiger partial charge on any atom is -0.368 e. The molecule has 24 heavy (non-hydrogen) atoms. The Bertz CT molecular complexity index is 753. The van der Waals surface area contributed by atoms with Crippen molar-refractivity contribution in [2.24, 2.45) is 0 Å². The summed E-state index contributed by atoms with van der Waals surface area (Å²) < 4.78 is 26.6. The molecule has 7 heteroatoms. The van der Waals surface area contributed by atoms with Gasteiger partial charge in [-0.3, -0.25) is 9.78 Å². The van der Waals surface area contributed by atoms with Crippen LogP contribution in [0.5, 0.6) is 0 Å². The normalized spacial score (nSPS) is 14.8. The Balaban J connectivity index is 1.69. The maximum Gasteiger partial charge on any atom is 0.275 e. The molecule has 0 unspecified atom stereocenters. The molecule has 1 aliphatic rings. The molecule has 0 bridgehead atoms. The quantitative estimate of drug-likeness (QED) is 0.847. The number of piperazine rings is 1. The Hall–Kier alpha value is -2.57. The van der Waals surface area contributed by atoms with Crippen LogP contribution < -0.4 is 4.90 Å². The Morgan fingerprint density at radius 3 is 2.25 bits per heavy atom. The Kier molecular flexibility index (Phi) is 4.42. The first-order chi connectivity index (χ1) is 11.4. The molecule has 0 saturated carbocycles. The summed E-state index contributed by atoms with van der Waals surface area (Å²) in [6.45, 7) is 6.07. The standard InChI is InChI=1S/C17H18F2N4O/c1-11-7-14(8-12(2)21-11)22-3-5-23(6-4-22)17(24)16-15(19)9-13(18)10-20-16/h7-10H,3-6H2,1-2H3. The molecule has 1 amide bonds. The zero-order chi connectivity index (χ0) is 17.3. The van der Waals surface area contributed by atoms with Crippen LogP contribution >= 0.6 is 0 Å². The van der Waals surface area contributed by atoms with E-state index in [0.29, 0.717) is 32.2 Å². The van der Waals surface area contributed by atoms with Crippen molar-refractivity contribution in [1.82, 2.24) is 14.9 Å². The van der Waals surface area contributed by atoms with Crippen LogP contribution in [0.25, 0.3) is 0 Å². The van der Waals surface area contributed by atoms with Crippen molar-refractivity contribution in [3.63, 3.8) is 0 Å². The first-order valence-corrected chi connectivity index (χ1v) is 7.74. The van der Waals surface area contributed by atoms with E-state index in [-0.39, 0.29) is 5.69 Å². The largest absolute Gasteiger partial charge is 0.368 e. The predicted octanol–water partition coefficient (Wildman–Crippen LogP) is 2.33. The van der Waals surface area contributed by atoms with E-state index in [1.807, 2.05) is 26.0 Å². The molecular formula is C17H18F2N4O. The average Bonchev–Trinajstić information content (AvgIpc) is 2.53. The number of rotatable bonds is 2. The van der Waals surface area contributed by atoms with Gasteiger partial charge in [0.2, 0.25) is 0 Å². The van der Waals surface area contributed by atoms with Gasteiger partial charge in [0.1, 0.15) is 5.82 Å². The minimum atomic E-state index is -0.928. The van der Waals surface area contributed by atoms with Gasteiger partial charge in [-0.25, -0.2) is 13.8 Å². The molecular weight excluding hydrogens is 314 g/mol. The molecule has 0 N–H and O–H groups in total. The van der Waals surface area contributed by atoms with Crippen LogP contribution in [0, 0.1) is 25.5 Å². The van der Waals surface area contributed by atoms with E-state index in [1.54, 1.807) is 4.90 Å². The second kappa shape index (κ2) is 6.51. The molecule has 1 saturated heterocycles. The van der Waals surface area contributed by atoms with Gasteiger partial charge in [0.15, 0.2) is 11.5 Å². The molecule has 126 valence electrons. The van der Waals surface area contributed by atoms with Crippen LogP contribution in [-0.4, -0.2) is 47.0 Å². The summed E-state index contributed by atoms with van der Waals surface area (Å²) in [7, 11) is 0. The van der Waals surface area contributed by atoms with Gasteiger partial charge in [-0.1, -0.05) is 0 Å². The molecule has 0 atom stereocenters. The molecule has 2 aromatic rings. The highest BCUT2D eigenvalue weighted by Crippen LogP contribution is 2.19. The smallest absolute Gasteiger partial charge is 0.275 e. The fourth-order valence-electron chi connectivity index (χ4n) is 2.88. The van der Waals surface area contributed by atoms with Gasteiger partial charge < -0.3 is 9.80 Å². The van der Waals surface area contributed by atoms with Gasteiger partial charge in [0.25, 0.3) is 5.91 Å². The lowest BCUT2D eigenvalue weighted by Crippen LogP contribution is -2.49. The zero-order valence-corrected chi connectivity index (χ0v) is 13.6. The van der Waals surface area contributed by atoms with Crippen LogP contribution in [0.15, 0.2) is 24.4 Å². The third-order valence-corrected chi connectivity index (χ3v) is 4.01. The second-order valence-corrected chi connectivity index (χ2v) is 5.87. The van der Waals surface area contributed by atoms with Crippen LogP contribution in [0.1, 0.15) is 21.9 Å². The molecule has 0 aliphatic carbocycles. The summed E-state index contributed by atoms with van der Waals surface area (Å²) in [6, 6.07) is 4.69. The van der Waals surface area contributed by atoms with Gasteiger partial charge in [0, 0.05) is 49.3 Å². The number of hydrogen-bond acceptors (Lipinski definition) is 4. The van der Waals surface area contributed by atoms with Crippen molar-refractivity contribution in [1.29, 1.82) is 0 Å². The molecule has 5 nitrogen and oxygen atoms in total. The second-order valence-electron chi connectivity index (χ2n) is 5.87. The van der Waals surface area contributed by atoms with E-state index in [2.05, 4.69) is 14.9 Å². The van der Waals surface area contributed by atoms with E-state index in [9.17, 15) is 13.6 Å². The number of carbonyl (C=O) groups excluding carboxylic acids is 1. The zero-order valence-electron chi connectivity index (χ0n) is 13.6. The van der Waals surface area contributed by atoms with Crippen molar-refractivity contribution >= 4 is 11.6 Å². The SMILES string of the molecule is Cc1cc(N2CCN(C(=O)c3ncc(F)cc3F)CC2)cc(C)n1. The van der Waals surface area contributed by atoms with E-state index in [0.717, 1.165) is 23.3 Å². The third-order valence-electron chi connectivity index (χ3n) is 4.01. The highest BCUT2D eigenvalue weighted by atomic mass is 19.1. The van der Waals surface area contributed by atoms with Crippen LogP contribution in [0.3, 0.4) is 0 Å². The molecule has 0 aromatic carbocycles. The summed E-state index contributed by atoms with van der Waals surface area (Å²) in [4.78, 5) is 24.0. The van der Waals surface area contributed by atoms with Crippen molar-refractivity contribution in [2.75, 3.05) is 31.1 Å². The molecule has 3 heterocycles. The highest BCUT2D eigenvalue weighted by molar-refractivity contribution is 5.92. The van der Waals surface area contributed by atoms with Gasteiger partial charge >= 0.3 is 0 Å². The third kappa shape index (κ3) is 3.34. The lowest BCUT2D eigenvalue weighted by Gasteiger charge is -2.36. The summed E-state index contributed by atoms with van der Waals surface area (Å²) in [6.07, 6.45) is 0.856. The fourth-order valence-corrected chi connectivity index (χ4v) is 2.88.